The number of thiocarbonyl (C=S) groups is 1. The third-order valence-electron chi connectivity index (χ3n) is 7.23. The number of hydrogen-bond acceptors (Lipinski definition) is 4. The summed E-state index contributed by atoms with van der Waals surface area (Å²) in [5.41, 5.74) is 0.930. The van der Waals surface area contributed by atoms with Crippen LogP contribution in [0.3, 0.4) is 0 Å². The minimum absolute atomic E-state index is 0.0972. The number of thioether (sulfide) groups is 1. The molecule has 176 valence electrons. The van der Waals surface area contributed by atoms with Crippen LogP contribution in [0, 0.1) is 0 Å². The predicted octanol–water partition coefficient (Wildman–Crippen LogP) is 8.10. The first-order chi connectivity index (χ1) is 16.0. The van der Waals surface area contributed by atoms with Gasteiger partial charge < -0.3 is 4.74 Å². The Morgan fingerprint density at radius 1 is 0.970 bits per heavy atom. The quantitative estimate of drug-likeness (QED) is 0.371. The summed E-state index contributed by atoms with van der Waals surface area (Å²) in [6, 6.07) is 9.99. The summed E-state index contributed by atoms with van der Waals surface area (Å²) < 4.78 is 7.43. The second kappa shape index (κ2) is 10.4. The Morgan fingerprint density at radius 2 is 1.67 bits per heavy atom. The van der Waals surface area contributed by atoms with Crippen LogP contribution in [0.5, 0.6) is 0 Å². The van der Waals surface area contributed by atoms with E-state index in [0.717, 1.165) is 54.9 Å². The Balaban J connectivity index is 1.50. The normalized spacial score (nSPS) is 24.1. The van der Waals surface area contributed by atoms with Gasteiger partial charge in [-0.25, -0.2) is 0 Å². The van der Waals surface area contributed by atoms with E-state index in [2.05, 4.69) is 6.07 Å². The number of carbonyl (C=O) groups is 1. The highest BCUT2D eigenvalue weighted by Gasteiger charge is 2.46. The van der Waals surface area contributed by atoms with Crippen molar-refractivity contribution in [3.05, 3.63) is 45.9 Å². The van der Waals surface area contributed by atoms with Gasteiger partial charge in [0.15, 0.2) is 0 Å². The fourth-order valence-electron chi connectivity index (χ4n) is 5.52. The molecule has 2 unspecified atom stereocenters. The maximum Gasteiger partial charge on any atom is 0.244 e. The Morgan fingerprint density at radius 3 is 2.39 bits per heavy atom. The van der Waals surface area contributed by atoms with E-state index in [1.54, 1.807) is 0 Å². The van der Waals surface area contributed by atoms with Crippen LogP contribution in [0.4, 0.5) is 0 Å². The minimum Gasteiger partial charge on any atom is -0.369 e. The fourth-order valence-corrected chi connectivity index (χ4v) is 7.67. The highest BCUT2D eigenvalue weighted by molar-refractivity contribution is 8.24. The molecular weight excluding hydrogens is 493 g/mol. The Bertz CT molecular complexity index is 1050. The van der Waals surface area contributed by atoms with Gasteiger partial charge in [-0.15, -0.1) is 0 Å². The van der Waals surface area contributed by atoms with Gasteiger partial charge in [0.2, 0.25) is 5.91 Å². The molecule has 2 aliphatic carbocycles. The summed E-state index contributed by atoms with van der Waals surface area (Å²) in [6.07, 6.45) is 11.1. The van der Waals surface area contributed by atoms with Crippen LogP contribution >= 0.6 is 47.2 Å². The fraction of sp³-hybridized carbons (Fsp3) is 0.538. The van der Waals surface area contributed by atoms with Gasteiger partial charge in [-0.1, -0.05) is 91.8 Å². The summed E-state index contributed by atoms with van der Waals surface area (Å²) in [5, 5.41) is 2.85. The molecule has 1 saturated heterocycles. The van der Waals surface area contributed by atoms with Crippen LogP contribution in [0.15, 0.2) is 30.3 Å². The van der Waals surface area contributed by atoms with Crippen LogP contribution in [0.2, 0.25) is 10.0 Å². The van der Waals surface area contributed by atoms with Gasteiger partial charge in [0, 0.05) is 21.5 Å². The first kappa shape index (κ1) is 23.9. The zero-order valence-electron chi connectivity index (χ0n) is 18.6. The maximum absolute atomic E-state index is 13.8. The third kappa shape index (κ3) is 5.08. The Kier molecular flexibility index (Phi) is 7.53. The highest BCUT2D eigenvalue weighted by Crippen LogP contribution is 2.44. The topological polar surface area (TPSA) is 29.5 Å². The SMILES string of the molecule is O=C1C(C(OC2CCCCC2)c2cc(Cl)c3ccc(Cl)cc3c2)SC(=S)N1C1CCCCC1. The molecule has 2 aromatic carbocycles. The predicted molar refractivity (Wildman–Crippen MR) is 142 cm³/mol. The molecule has 7 heteroatoms. The third-order valence-corrected chi connectivity index (χ3v) is 9.36. The molecule has 1 heterocycles. The van der Waals surface area contributed by atoms with Gasteiger partial charge in [0.25, 0.3) is 0 Å². The number of hydrogen-bond donors (Lipinski definition) is 0. The summed E-state index contributed by atoms with van der Waals surface area (Å²) in [5.74, 6) is 0.0972. The zero-order valence-corrected chi connectivity index (χ0v) is 21.7. The van der Waals surface area contributed by atoms with Crippen molar-refractivity contribution in [2.75, 3.05) is 0 Å². The number of nitrogens with zero attached hydrogens (tertiary/aromatic N) is 1. The maximum atomic E-state index is 13.8. The molecular formula is C26H29Cl2NO2S2. The molecule has 1 amide bonds. The molecule has 2 aromatic rings. The van der Waals surface area contributed by atoms with Crippen molar-refractivity contribution in [3.8, 4) is 0 Å². The lowest BCUT2D eigenvalue weighted by atomic mass is 9.93. The van der Waals surface area contributed by atoms with E-state index in [4.69, 9.17) is 40.2 Å². The van der Waals surface area contributed by atoms with E-state index in [9.17, 15) is 4.79 Å². The average molecular weight is 523 g/mol. The summed E-state index contributed by atoms with van der Waals surface area (Å²) in [4.78, 5) is 15.7. The lowest BCUT2D eigenvalue weighted by Crippen LogP contribution is -2.43. The number of ether oxygens (including phenoxy) is 1. The largest absolute Gasteiger partial charge is 0.369 e. The lowest BCUT2D eigenvalue weighted by molar-refractivity contribution is -0.132. The van der Waals surface area contributed by atoms with Crippen molar-refractivity contribution in [1.29, 1.82) is 0 Å². The number of benzene rings is 2. The molecule has 0 aromatic heterocycles. The summed E-state index contributed by atoms with van der Waals surface area (Å²) in [7, 11) is 0. The molecule has 2 saturated carbocycles. The molecule has 0 bridgehead atoms. The molecule has 0 N–H and O–H groups in total. The number of carbonyl (C=O) groups excluding carboxylic acids is 1. The zero-order chi connectivity index (χ0) is 22.9. The van der Waals surface area contributed by atoms with E-state index in [1.165, 1.54) is 37.4 Å². The molecule has 2 atom stereocenters. The van der Waals surface area contributed by atoms with Gasteiger partial charge in [0.1, 0.15) is 15.7 Å². The summed E-state index contributed by atoms with van der Waals surface area (Å²) in [6.45, 7) is 0. The average Bonchev–Trinajstić information content (AvgIpc) is 3.11. The minimum atomic E-state index is -0.391. The second-order valence-electron chi connectivity index (χ2n) is 9.49. The van der Waals surface area contributed by atoms with Crippen molar-refractivity contribution >= 4 is 68.2 Å². The molecule has 3 fully saturated rings. The van der Waals surface area contributed by atoms with Gasteiger partial charge in [-0.3, -0.25) is 9.69 Å². The molecule has 1 aliphatic heterocycles. The van der Waals surface area contributed by atoms with E-state index in [0.29, 0.717) is 14.4 Å². The van der Waals surface area contributed by atoms with Crippen molar-refractivity contribution < 1.29 is 9.53 Å². The van der Waals surface area contributed by atoms with Crippen LogP contribution in [-0.4, -0.2) is 32.5 Å². The molecule has 0 spiro atoms. The Hall–Kier alpha value is -0.850. The van der Waals surface area contributed by atoms with Crippen LogP contribution in [0.1, 0.15) is 75.9 Å². The molecule has 0 radical (unpaired) electrons. The van der Waals surface area contributed by atoms with Crippen molar-refractivity contribution in [1.82, 2.24) is 4.90 Å². The number of halogens is 2. The van der Waals surface area contributed by atoms with E-state index < -0.39 is 6.10 Å². The van der Waals surface area contributed by atoms with Gasteiger partial charge in [-0.2, -0.15) is 0 Å². The first-order valence-corrected chi connectivity index (χ1v) is 14.1. The van der Waals surface area contributed by atoms with Crippen LogP contribution in [0.25, 0.3) is 10.8 Å². The van der Waals surface area contributed by atoms with E-state index in [1.807, 2.05) is 29.2 Å². The first-order valence-electron chi connectivity index (χ1n) is 12.1. The molecule has 3 aliphatic rings. The lowest BCUT2D eigenvalue weighted by Gasteiger charge is -2.32. The van der Waals surface area contributed by atoms with Gasteiger partial charge in [-0.05, 0) is 60.9 Å². The molecule has 33 heavy (non-hydrogen) atoms. The van der Waals surface area contributed by atoms with Crippen molar-refractivity contribution in [3.63, 3.8) is 0 Å². The standard InChI is InChI=1S/C26H29Cl2NO2S2/c27-18-11-12-21-16(14-18)13-17(15-22(21)28)23(31-20-9-5-2-6-10-20)24-25(30)29(26(32)33-24)19-7-3-1-4-8-19/h11-15,19-20,23-24H,1-10H2. The summed E-state index contributed by atoms with van der Waals surface area (Å²) >= 11 is 20.2. The number of fused-ring (bicyclic) bond motifs is 1. The molecule has 3 nitrogen and oxygen atoms in total. The van der Waals surface area contributed by atoms with Crippen molar-refractivity contribution in [2.24, 2.45) is 0 Å². The second-order valence-corrected chi connectivity index (χ2v) is 12.1. The van der Waals surface area contributed by atoms with Crippen LogP contribution < -0.4 is 0 Å². The number of rotatable bonds is 5. The highest BCUT2D eigenvalue weighted by atomic mass is 35.5. The molecule has 5 rings (SSSR count). The smallest absolute Gasteiger partial charge is 0.244 e. The number of amides is 1. The van der Waals surface area contributed by atoms with E-state index in [-0.39, 0.29) is 23.3 Å². The van der Waals surface area contributed by atoms with Crippen LogP contribution in [-0.2, 0) is 9.53 Å². The van der Waals surface area contributed by atoms with Crippen molar-refractivity contribution in [2.45, 2.75) is 87.7 Å². The monoisotopic (exact) mass is 521 g/mol. The Labute approximate surface area is 215 Å². The van der Waals surface area contributed by atoms with Gasteiger partial charge >= 0.3 is 0 Å². The van der Waals surface area contributed by atoms with Gasteiger partial charge in [0.05, 0.1) is 6.10 Å². The van der Waals surface area contributed by atoms with E-state index >= 15 is 0 Å².